The molecule has 1 aromatic carbocycles. The molecule has 0 radical (unpaired) electrons. The average molecular weight is 373 g/mol. The van der Waals surface area contributed by atoms with Crippen LogP contribution in [0, 0.1) is 0 Å². The van der Waals surface area contributed by atoms with Crippen LogP contribution in [0.5, 0.6) is 0 Å². The predicted molar refractivity (Wildman–Crippen MR) is 108 cm³/mol. The Hall–Kier alpha value is -3.45. The van der Waals surface area contributed by atoms with Gasteiger partial charge >= 0.3 is 0 Å². The van der Waals surface area contributed by atoms with E-state index in [1.165, 1.54) is 0 Å². The molecule has 1 saturated heterocycles. The molecule has 7 heteroatoms. The van der Waals surface area contributed by atoms with E-state index in [9.17, 15) is 4.79 Å². The molecule has 5 rings (SSSR count). The molecular formula is C21H19N5O2. The first-order chi connectivity index (χ1) is 13.8. The number of fused-ring (bicyclic) bond motifs is 1. The maximum absolute atomic E-state index is 11.7. The minimum absolute atomic E-state index is 0.116. The van der Waals surface area contributed by atoms with Gasteiger partial charge in [-0.2, -0.15) is 5.10 Å². The summed E-state index contributed by atoms with van der Waals surface area (Å²) < 4.78 is 5.43. The van der Waals surface area contributed by atoms with Crippen molar-refractivity contribution in [1.82, 2.24) is 20.2 Å². The fourth-order valence-electron chi connectivity index (χ4n) is 3.57. The number of hydrogen-bond acceptors (Lipinski definition) is 5. The molecule has 28 heavy (non-hydrogen) atoms. The molecule has 0 spiro atoms. The molecule has 0 unspecified atom stereocenters. The van der Waals surface area contributed by atoms with Crippen molar-refractivity contribution < 1.29 is 4.74 Å². The third-order valence-corrected chi connectivity index (χ3v) is 5.03. The standard InChI is InChI=1S/C21H19N5O2/c27-20-13-15(3-6-23-20)14-1-2-18-17(11-14)21(25-24-18)16-4-5-22-19(12-16)26-7-9-28-10-8-26/h1-6,11-13H,7-10H2,(H,23,27)(H,24,25). The normalized spacial score (nSPS) is 14.5. The number of rotatable bonds is 3. The van der Waals surface area contributed by atoms with Crippen LogP contribution in [-0.2, 0) is 4.74 Å². The van der Waals surface area contributed by atoms with Gasteiger partial charge in [-0.25, -0.2) is 4.98 Å². The number of pyridine rings is 2. The highest BCUT2D eigenvalue weighted by atomic mass is 16.5. The number of aromatic amines is 2. The monoisotopic (exact) mass is 373 g/mol. The number of anilines is 1. The number of H-pyrrole nitrogens is 2. The first-order valence-electron chi connectivity index (χ1n) is 9.24. The molecule has 140 valence electrons. The van der Waals surface area contributed by atoms with Crippen LogP contribution in [0.3, 0.4) is 0 Å². The quantitative estimate of drug-likeness (QED) is 0.577. The van der Waals surface area contributed by atoms with E-state index in [1.54, 1.807) is 12.3 Å². The summed E-state index contributed by atoms with van der Waals surface area (Å²) in [6, 6.07) is 13.6. The van der Waals surface area contributed by atoms with E-state index in [2.05, 4.69) is 37.2 Å². The Morgan fingerprint density at radius 2 is 1.82 bits per heavy atom. The summed E-state index contributed by atoms with van der Waals surface area (Å²) >= 11 is 0. The van der Waals surface area contributed by atoms with Crippen molar-refractivity contribution in [3.8, 4) is 22.4 Å². The second kappa shape index (κ2) is 6.94. The second-order valence-electron chi connectivity index (χ2n) is 6.78. The van der Waals surface area contributed by atoms with Crippen molar-refractivity contribution in [2.75, 3.05) is 31.2 Å². The Labute approximate surface area is 161 Å². The summed E-state index contributed by atoms with van der Waals surface area (Å²) in [4.78, 5) is 21.1. The summed E-state index contributed by atoms with van der Waals surface area (Å²) in [5.41, 5.74) is 4.57. The third kappa shape index (κ3) is 3.05. The van der Waals surface area contributed by atoms with E-state index in [-0.39, 0.29) is 5.56 Å². The second-order valence-corrected chi connectivity index (χ2v) is 6.78. The zero-order chi connectivity index (χ0) is 18.9. The van der Waals surface area contributed by atoms with Gasteiger partial charge in [0.15, 0.2) is 0 Å². The van der Waals surface area contributed by atoms with Gasteiger partial charge in [0.25, 0.3) is 0 Å². The summed E-state index contributed by atoms with van der Waals surface area (Å²) in [6.07, 6.45) is 3.48. The van der Waals surface area contributed by atoms with Gasteiger partial charge in [-0.05, 0) is 41.5 Å². The SMILES string of the molecule is O=c1cc(-c2ccc3[nH]nc(-c4ccnc(N5CCOCC5)c4)c3c2)cc[nH]1. The van der Waals surface area contributed by atoms with Crippen LogP contribution in [0.15, 0.2) is 59.7 Å². The van der Waals surface area contributed by atoms with Gasteiger partial charge in [0.2, 0.25) is 5.56 Å². The lowest BCUT2D eigenvalue weighted by atomic mass is 10.0. The first-order valence-corrected chi connectivity index (χ1v) is 9.24. The fourth-order valence-corrected chi connectivity index (χ4v) is 3.57. The van der Waals surface area contributed by atoms with Gasteiger partial charge in [0.1, 0.15) is 11.5 Å². The van der Waals surface area contributed by atoms with E-state index < -0.39 is 0 Å². The van der Waals surface area contributed by atoms with Crippen LogP contribution in [0.1, 0.15) is 0 Å². The highest BCUT2D eigenvalue weighted by molar-refractivity contribution is 5.95. The first kappa shape index (κ1) is 16.7. The van der Waals surface area contributed by atoms with Crippen molar-refractivity contribution in [3.05, 3.63) is 65.2 Å². The summed E-state index contributed by atoms with van der Waals surface area (Å²) in [5, 5.41) is 8.66. The molecule has 3 aromatic heterocycles. The zero-order valence-corrected chi connectivity index (χ0v) is 15.2. The average Bonchev–Trinajstić information content (AvgIpc) is 3.18. The molecule has 7 nitrogen and oxygen atoms in total. The third-order valence-electron chi connectivity index (χ3n) is 5.03. The molecule has 2 N–H and O–H groups in total. The largest absolute Gasteiger partial charge is 0.378 e. The zero-order valence-electron chi connectivity index (χ0n) is 15.2. The number of benzene rings is 1. The summed E-state index contributed by atoms with van der Waals surface area (Å²) in [6.45, 7) is 3.11. The van der Waals surface area contributed by atoms with E-state index in [4.69, 9.17) is 4.74 Å². The van der Waals surface area contributed by atoms with Crippen LogP contribution in [0.2, 0.25) is 0 Å². The van der Waals surface area contributed by atoms with Crippen LogP contribution in [-0.4, -0.2) is 46.5 Å². The maximum atomic E-state index is 11.7. The minimum Gasteiger partial charge on any atom is -0.378 e. The van der Waals surface area contributed by atoms with Gasteiger partial charge in [-0.3, -0.25) is 9.89 Å². The Kier molecular flexibility index (Phi) is 4.14. The molecule has 0 atom stereocenters. The highest BCUT2D eigenvalue weighted by Crippen LogP contribution is 2.31. The lowest BCUT2D eigenvalue weighted by Gasteiger charge is -2.27. The smallest absolute Gasteiger partial charge is 0.248 e. The van der Waals surface area contributed by atoms with Crippen molar-refractivity contribution in [2.24, 2.45) is 0 Å². The van der Waals surface area contributed by atoms with Gasteiger partial charge in [0.05, 0.1) is 18.7 Å². The van der Waals surface area contributed by atoms with E-state index in [0.29, 0.717) is 0 Å². The molecular weight excluding hydrogens is 354 g/mol. The van der Waals surface area contributed by atoms with Crippen LogP contribution in [0.25, 0.3) is 33.3 Å². The Morgan fingerprint density at radius 3 is 2.68 bits per heavy atom. The molecule has 1 aliphatic heterocycles. The number of morpholine rings is 1. The van der Waals surface area contributed by atoms with E-state index in [1.807, 2.05) is 30.5 Å². The number of nitrogens with zero attached hydrogens (tertiary/aromatic N) is 3. The molecule has 1 aliphatic rings. The summed E-state index contributed by atoms with van der Waals surface area (Å²) in [5.74, 6) is 0.933. The molecule has 0 saturated carbocycles. The topological polar surface area (TPSA) is 86.9 Å². The van der Waals surface area contributed by atoms with Gasteiger partial charge < -0.3 is 14.6 Å². The van der Waals surface area contributed by atoms with Crippen molar-refractivity contribution in [3.63, 3.8) is 0 Å². The predicted octanol–water partition coefficient (Wildman–Crippen LogP) is 2.82. The molecule has 4 aromatic rings. The molecule has 0 amide bonds. The van der Waals surface area contributed by atoms with Crippen molar-refractivity contribution in [1.29, 1.82) is 0 Å². The van der Waals surface area contributed by atoms with Crippen LogP contribution >= 0.6 is 0 Å². The van der Waals surface area contributed by atoms with Crippen molar-refractivity contribution >= 4 is 16.7 Å². The molecule has 4 heterocycles. The Morgan fingerprint density at radius 1 is 0.964 bits per heavy atom. The lowest BCUT2D eigenvalue weighted by Crippen LogP contribution is -2.36. The van der Waals surface area contributed by atoms with Gasteiger partial charge in [0, 0.05) is 42.5 Å². The number of hydrogen-bond donors (Lipinski definition) is 2. The van der Waals surface area contributed by atoms with Crippen LogP contribution < -0.4 is 10.5 Å². The van der Waals surface area contributed by atoms with E-state index in [0.717, 1.165) is 65.4 Å². The Balaban J connectivity index is 1.58. The van der Waals surface area contributed by atoms with Gasteiger partial charge in [-0.1, -0.05) is 6.07 Å². The van der Waals surface area contributed by atoms with Crippen molar-refractivity contribution in [2.45, 2.75) is 0 Å². The lowest BCUT2D eigenvalue weighted by molar-refractivity contribution is 0.122. The highest BCUT2D eigenvalue weighted by Gasteiger charge is 2.15. The number of ether oxygens (including phenoxy) is 1. The number of nitrogens with one attached hydrogen (secondary N) is 2. The fraction of sp³-hybridized carbons (Fsp3) is 0.190. The van der Waals surface area contributed by atoms with Gasteiger partial charge in [-0.15, -0.1) is 0 Å². The molecule has 0 aliphatic carbocycles. The van der Waals surface area contributed by atoms with Crippen LogP contribution in [0.4, 0.5) is 5.82 Å². The summed E-state index contributed by atoms with van der Waals surface area (Å²) in [7, 11) is 0. The minimum atomic E-state index is -0.116. The maximum Gasteiger partial charge on any atom is 0.248 e. The molecule has 0 bridgehead atoms. The molecule has 1 fully saturated rings. The number of aromatic nitrogens is 4. The van der Waals surface area contributed by atoms with E-state index >= 15 is 0 Å². The Bertz CT molecular complexity index is 1190.